The Morgan fingerprint density at radius 3 is 2.23 bits per heavy atom. The lowest BCUT2D eigenvalue weighted by atomic mass is 9.98. The highest BCUT2D eigenvalue weighted by Gasteiger charge is 2.28. The summed E-state index contributed by atoms with van der Waals surface area (Å²) in [7, 11) is 2.17. The molecule has 1 heterocycles. The molecule has 1 fully saturated rings. The Hall–Kier alpha value is -0.0800. The lowest BCUT2D eigenvalue weighted by Crippen LogP contribution is -2.49. The first kappa shape index (κ1) is 12.9. The van der Waals surface area contributed by atoms with E-state index in [1.54, 1.807) is 0 Å². The van der Waals surface area contributed by atoms with E-state index in [4.69, 9.17) is 4.74 Å². The molecule has 0 aromatic heterocycles. The van der Waals surface area contributed by atoms with Crippen molar-refractivity contribution in [3.63, 3.8) is 0 Å². The van der Waals surface area contributed by atoms with Gasteiger partial charge in [-0.2, -0.15) is 0 Å². The van der Waals surface area contributed by atoms with Gasteiger partial charge in [-0.05, 0) is 19.9 Å². The number of ether oxygens (including phenoxy) is 1. The van der Waals surface area contributed by atoms with Gasteiger partial charge in [0.1, 0.15) is 0 Å². The molecule has 1 rings (SSSR count). The third-order valence-corrected chi connectivity index (χ3v) is 2.58. The maximum atomic E-state index is 5.68. The second kappa shape index (κ2) is 6.39. The molecular formula is C11H25NO. The van der Waals surface area contributed by atoms with Gasteiger partial charge >= 0.3 is 0 Å². The molecule has 0 saturated carbocycles. The Morgan fingerprint density at radius 2 is 1.85 bits per heavy atom. The van der Waals surface area contributed by atoms with Gasteiger partial charge in [0.25, 0.3) is 0 Å². The molecule has 2 nitrogen and oxygen atoms in total. The summed E-state index contributed by atoms with van der Waals surface area (Å²) in [4.78, 5) is 2.37. The van der Waals surface area contributed by atoms with Crippen LogP contribution in [0.1, 0.15) is 34.6 Å². The van der Waals surface area contributed by atoms with Crippen molar-refractivity contribution >= 4 is 0 Å². The largest absolute Gasteiger partial charge is 0.375 e. The molecule has 0 amide bonds. The first-order valence-electron chi connectivity index (χ1n) is 5.44. The van der Waals surface area contributed by atoms with Gasteiger partial charge in [0, 0.05) is 12.6 Å². The molecule has 0 radical (unpaired) electrons. The monoisotopic (exact) mass is 187 g/mol. The third-order valence-electron chi connectivity index (χ3n) is 2.58. The fraction of sp³-hybridized carbons (Fsp3) is 1.00. The zero-order valence-electron chi connectivity index (χ0n) is 10.0. The van der Waals surface area contributed by atoms with E-state index in [0.29, 0.717) is 18.1 Å². The quantitative estimate of drug-likeness (QED) is 0.625. The van der Waals surface area contributed by atoms with E-state index >= 15 is 0 Å². The number of hydrogen-bond acceptors (Lipinski definition) is 2. The molecule has 1 saturated heterocycles. The van der Waals surface area contributed by atoms with Gasteiger partial charge in [-0.1, -0.05) is 27.7 Å². The van der Waals surface area contributed by atoms with Gasteiger partial charge in [0.2, 0.25) is 0 Å². The zero-order chi connectivity index (χ0) is 10.4. The van der Waals surface area contributed by atoms with E-state index in [0.717, 1.165) is 13.2 Å². The first-order chi connectivity index (χ1) is 6.13. The topological polar surface area (TPSA) is 12.5 Å². The molecule has 2 heteroatoms. The number of likely N-dealkylation sites (N-methyl/N-ethyl adjacent to an activating group) is 1. The van der Waals surface area contributed by atoms with E-state index < -0.39 is 0 Å². The van der Waals surface area contributed by atoms with Crippen molar-refractivity contribution < 1.29 is 4.74 Å². The van der Waals surface area contributed by atoms with E-state index in [2.05, 4.69) is 32.7 Å². The highest BCUT2D eigenvalue weighted by atomic mass is 16.5. The standard InChI is InChI=1S/C9H19NO.C2H6/c1-7(2)9-8(3)10(4)5-6-11-9;1-2/h7-9H,5-6H2,1-4H3;1-2H3. The molecule has 1 aliphatic heterocycles. The molecule has 80 valence electrons. The normalized spacial score (nSPS) is 29.8. The SMILES string of the molecule is CC.CC(C)C1OCCN(C)C1C. The fourth-order valence-electron chi connectivity index (χ4n) is 1.68. The van der Waals surface area contributed by atoms with Crippen molar-refractivity contribution in [3.05, 3.63) is 0 Å². The van der Waals surface area contributed by atoms with Crippen LogP contribution in [-0.2, 0) is 4.74 Å². The number of rotatable bonds is 1. The van der Waals surface area contributed by atoms with E-state index in [-0.39, 0.29) is 0 Å². The summed E-state index contributed by atoms with van der Waals surface area (Å²) < 4.78 is 5.68. The van der Waals surface area contributed by atoms with Crippen molar-refractivity contribution in [1.29, 1.82) is 0 Å². The van der Waals surface area contributed by atoms with Crippen LogP contribution in [0.4, 0.5) is 0 Å². The minimum atomic E-state index is 0.425. The minimum Gasteiger partial charge on any atom is -0.375 e. The summed E-state index contributed by atoms with van der Waals surface area (Å²) in [5.74, 6) is 0.632. The van der Waals surface area contributed by atoms with E-state index in [1.165, 1.54) is 0 Å². The summed E-state index contributed by atoms with van der Waals surface area (Å²) in [6.45, 7) is 12.7. The van der Waals surface area contributed by atoms with Crippen molar-refractivity contribution in [1.82, 2.24) is 4.90 Å². The third kappa shape index (κ3) is 3.65. The molecule has 0 bridgehead atoms. The Morgan fingerprint density at radius 1 is 1.31 bits per heavy atom. The van der Waals surface area contributed by atoms with Gasteiger partial charge < -0.3 is 4.74 Å². The molecule has 0 aromatic rings. The van der Waals surface area contributed by atoms with Crippen LogP contribution >= 0.6 is 0 Å². The van der Waals surface area contributed by atoms with Gasteiger partial charge in [-0.15, -0.1) is 0 Å². The number of hydrogen-bond donors (Lipinski definition) is 0. The van der Waals surface area contributed by atoms with Gasteiger partial charge in [-0.25, -0.2) is 0 Å². The Kier molecular flexibility index (Phi) is 6.35. The summed E-state index contributed by atoms with van der Waals surface area (Å²) in [6.07, 6.45) is 0.425. The van der Waals surface area contributed by atoms with Gasteiger partial charge in [-0.3, -0.25) is 4.90 Å². The predicted octanol–water partition coefficient (Wildman–Crippen LogP) is 2.39. The van der Waals surface area contributed by atoms with Crippen molar-refractivity contribution in [3.8, 4) is 0 Å². The van der Waals surface area contributed by atoms with Crippen molar-refractivity contribution in [2.75, 3.05) is 20.2 Å². The lowest BCUT2D eigenvalue weighted by molar-refractivity contribution is -0.0765. The van der Waals surface area contributed by atoms with Crippen LogP contribution < -0.4 is 0 Å². The van der Waals surface area contributed by atoms with Crippen LogP contribution in [0, 0.1) is 5.92 Å². The maximum Gasteiger partial charge on any atom is 0.0750 e. The zero-order valence-corrected chi connectivity index (χ0v) is 10.0. The van der Waals surface area contributed by atoms with Crippen molar-refractivity contribution in [2.24, 2.45) is 5.92 Å². The Balaban J connectivity index is 0.000000671. The average Bonchev–Trinajstić information content (AvgIpc) is 2.13. The summed E-state index contributed by atoms with van der Waals surface area (Å²) in [5.41, 5.74) is 0. The second-order valence-corrected chi connectivity index (χ2v) is 3.80. The van der Waals surface area contributed by atoms with Gasteiger partial charge in [0.05, 0.1) is 12.7 Å². The van der Waals surface area contributed by atoms with Crippen LogP contribution in [0.5, 0.6) is 0 Å². The second-order valence-electron chi connectivity index (χ2n) is 3.80. The highest BCUT2D eigenvalue weighted by Crippen LogP contribution is 2.18. The van der Waals surface area contributed by atoms with Crippen LogP contribution in [0.15, 0.2) is 0 Å². The maximum absolute atomic E-state index is 5.68. The molecule has 0 aliphatic carbocycles. The molecular weight excluding hydrogens is 162 g/mol. The first-order valence-corrected chi connectivity index (χ1v) is 5.44. The van der Waals surface area contributed by atoms with Crippen molar-refractivity contribution in [2.45, 2.75) is 46.8 Å². The smallest absolute Gasteiger partial charge is 0.0750 e. The van der Waals surface area contributed by atoms with Crippen LogP contribution in [-0.4, -0.2) is 37.2 Å². The number of nitrogens with zero attached hydrogens (tertiary/aromatic N) is 1. The molecule has 13 heavy (non-hydrogen) atoms. The Bertz CT molecular complexity index is 125. The summed E-state index contributed by atoms with van der Waals surface area (Å²) in [6, 6.07) is 0.573. The number of morpholine rings is 1. The van der Waals surface area contributed by atoms with Crippen LogP contribution in [0.2, 0.25) is 0 Å². The average molecular weight is 187 g/mol. The predicted molar refractivity (Wildman–Crippen MR) is 58.0 cm³/mol. The van der Waals surface area contributed by atoms with Gasteiger partial charge in [0.15, 0.2) is 0 Å². The summed E-state index contributed by atoms with van der Waals surface area (Å²) >= 11 is 0. The van der Waals surface area contributed by atoms with E-state index in [1.807, 2.05) is 13.8 Å². The summed E-state index contributed by atoms with van der Waals surface area (Å²) in [5, 5.41) is 0. The van der Waals surface area contributed by atoms with Crippen LogP contribution in [0.3, 0.4) is 0 Å². The molecule has 0 spiro atoms. The molecule has 2 atom stereocenters. The minimum absolute atomic E-state index is 0.425. The molecule has 2 unspecified atom stereocenters. The molecule has 1 aliphatic rings. The molecule has 0 N–H and O–H groups in total. The fourth-order valence-corrected chi connectivity index (χ4v) is 1.68. The Labute approximate surface area is 83.3 Å². The lowest BCUT2D eigenvalue weighted by Gasteiger charge is -2.38. The van der Waals surface area contributed by atoms with E-state index in [9.17, 15) is 0 Å². The van der Waals surface area contributed by atoms with Crippen LogP contribution in [0.25, 0.3) is 0 Å². The molecule has 0 aromatic carbocycles. The highest BCUT2D eigenvalue weighted by molar-refractivity contribution is 4.80.